The fraction of sp³-hybridized carbons (Fsp3) is 0.0952. The van der Waals surface area contributed by atoms with E-state index in [1.807, 2.05) is 60.7 Å². The first-order valence-electron chi connectivity index (χ1n) is 8.36. The largest absolute Gasteiger partial charge is 0.545 e. The second kappa shape index (κ2) is 8.16. The van der Waals surface area contributed by atoms with Gasteiger partial charge in [-0.05, 0) is 28.8 Å². The van der Waals surface area contributed by atoms with Crippen molar-refractivity contribution in [3.63, 3.8) is 0 Å². The van der Waals surface area contributed by atoms with E-state index in [0.717, 1.165) is 11.1 Å². The summed E-state index contributed by atoms with van der Waals surface area (Å²) >= 11 is 0. The monoisotopic (exact) mass is 380 g/mol. The molecule has 0 saturated heterocycles. The summed E-state index contributed by atoms with van der Waals surface area (Å²) in [5.74, 6) is -1.34. The lowest BCUT2D eigenvalue weighted by Gasteiger charge is -2.23. The van der Waals surface area contributed by atoms with Crippen molar-refractivity contribution >= 4 is 16.0 Å². The summed E-state index contributed by atoms with van der Waals surface area (Å²) < 4.78 is 27.8. The number of rotatable bonds is 7. The van der Waals surface area contributed by atoms with E-state index < -0.39 is 16.0 Å². The van der Waals surface area contributed by atoms with Crippen LogP contribution in [0, 0.1) is 0 Å². The SMILES string of the molecule is O=C([O-])c1ccc(S(=O)(=O)N(Cc2ccccc2)Cc2ccccc2)cc1. The summed E-state index contributed by atoms with van der Waals surface area (Å²) in [7, 11) is -3.82. The van der Waals surface area contributed by atoms with Gasteiger partial charge in [-0.15, -0.1) is 0 Å². The van der Waals surface area contributed by atoms with Crippen LogP contribution in [0.2, 0.25) is 0 Å². The minimum atomic E-state index is -3.82. The molecule has 0 N–H and O–H groups in total. The molecular weight excluding hydrogens is 362 g/mol. The second-order valence-electron chi connectivity index (χ2n) is 6.06. The molecule has 0 unspecified atom stereocenters. The molecule has 0 radical (unpaired) electrons. The minimum Gasteiger partial charge on any atom is -0.545 e. The average Bonchev–Trinajstić information content (AvgIpc) is 2.69. The Hall–Kier alpha value is -2.96. The van der Waals surface area contributed by atoms with E-state index in [1.165, 1.54) is 28.6 Å². The Balaban J connectivity index is 1.95. The molecule has 6 heteroatoms. The van der Waals surface area contributed by atoms with Gasteiger partial charge in [0.15, 0.2) is 0 Å². The van der Waals surface area contributed by atoms with Crippen LogP contribution in [0.5, 0.6) is 0 Å². The molecule has 0 spiro atoms. The molecule has 27 heavy (non-hydrogen) atoms. The predicted octanol–water partition coefficient (Wildman–Crippen LogP) is 2.44. The number of hydrogen-bond donors (Lipinski definition) is 0. The Morgan fingerprint density at radius 2 is 1.19 bits per heavy atom. The van der Waals surface area contributed by atoms with Gasteiger partial charge >= 0.3 is 0 Å². The summed E-state index contributed by atoms with van der Waals surface area (Å²) in [6, 6.07) is 23.7. The molecule has 3 rings (SSSR count). The highest BCUT2D eigenvalue weighted by molar-refractivity contribution is 7.89. The van der Waals surface area contributed by atoms with Gasteiger partial charge in [-0.3, -0.25) is 0 Å². The van der Waals surface area contributed by atoms with Gasteiger partial charge in [0.1, 0.15) is 0 Å². The van der Waals surface area contributed by atoms with Crippen molar-refractivity contribution in [2.45, 2.75) is 18.0 Å². The number of carboxylic acid groups (broad SMARTS) is 1. The zero-order valence-electron chi connectivity index (χ0n) is 14.5. The van der Waals surface area contributed by atoms with Crippen LogP contribution >= 0.6 is 0 Å². The van der Waals surface area contributed by atoms with Crippen molar-refractivity contribution in [2.24, 2.45) is 0 Å². The summed E-state index contributed by atoms with van der Waals surface area (Å²) in [6.07, 6.45) is 0. The molecule has 3 aromatic carbocycles. The van der Waals surface area contributed by atoms with Crippen molar-refractivity contribution in [3.05, 3.63) is 102 Å². The Morgan fingerprint density at radius 1 is 0.741 bits per heavy atom. The highest BCUT2D eigenvalue weighted by atomic mass is 32.2. The molecule has 5 nitrogen and oxygen atoms in total. The summed E-state index contributed by atoms with van der Waals surface area (Å²) in [6.45, 7) is 0.417. The Labute approximate surface area is 158 Å². The summed E-state index contributed by atoms with van der Waals surface area (Å²) in [4.78, 5) is 10.9. The van der Waals surface area contributed by atoms with Crippen LogP contribution < -0.4 is 5.11 Å². The van der Waals surface area contributed by atoms with E-state index >= 15 is 0 Å². The number of hydrogen-bond acceptors (Lipinski definition) is 4. The van der Waals surface area contributed by atoms with Crippen molar-refractivity contribution in [1.29, 1.82) is 0 Å². The highest BCUT2D eigenvalue weighted by Crippen LogP contribution is 2.21. The molecule has 138 valence electrons. The van der Waals surface area contributed by atoms with E-state index in [1.54, 1.807) is 0 Å². The predicted molar refractivity (Wildman–Crippen MR) is 100 cm³/mol. The van der Waals surface area contributed by atoms with Gasteiger partial charge < -0.3 is 9.90 Å². The zero-order chi connectivity index (χ0) is 19.3. The van der Waals surface area contributed by atoms with Crippen LogP contribution in [0.3, 0.4) is 0 Å². The average molecular weight is 380 g/mol. The fourth-order valence-electron chi connectivity index (χ4n) is 2.71. The van der Waals surface area contributed by atoms with Gasteiger partial charge in [0, 0.05) is 13.1 Å². The first-order valence-corrected chi connectivity index (χ1v) is 9.80. The topological polar surface area (TPSA) is 77.5 Å². The van der Waals surface area contributed by atoms with Crippen LogP contribution in [0.1, 0.15) is 21.5 Å². The molecule has 0 atom stereocenters. The molecule has 0 fully saturated rings. The zero-order valence-corrected chi connectivity index (χ0v) is 15.3. The van der Waals surface area contributed by atoms with Gasteiger partial charge in [-0.2, -0.15) is 4.31 Å². The Morgan fingerprint density at radius 3 is 1.59 bits per heavy atom. The molecular formula is C21H18NO4S-. The van der Waals surface area contributed by atoms with Crippen LogP contribution in [-0.4, -0.2) is 18.7 Å². The second-order valence-corrected chi connectivity index (χ2v) is 7.99. The van der Waals surface area contributed by atoms with Crippen molar-refractivity contribution < 1.29 is 18.3 Å². The number of aromatic carboxylic acids is 1. The maximum atomic E-state index is 13.2. The molecule has 0 aliphatic rings. The summed E-state index contributed by atoms with van der Waals surface area (Å²) in [5, 5.41) is 10.9. The van der Waals surface area contributed by atoms with E-state index in [9.17, 15) is 18.3 Å². The lowest BCUT2D eigenvalue weighted by molar-refractivity contribution is -0.255. The van der Waals surface area contributed by atoms with Gasteiger partial charge in [-0.25, -0.2) is 8.42 Å². The smallest absolute Gasteiger partial charge is 0.243 e. The van der Waals surface area contributed by atoms with Crippen molar-refractivity contribution in [1.82, 2.24) is 4.31 Å². The number of carbonyl (C=O) groups excluding carboxylic acids is 1. The molecule has 0 aliphatic carbocycles. The molecule has 0 bridgehead atoms. The first kappa shape index (κ1) is 18.8. The first-order chi connectivity index (χ1) is 13.0. The lowest BCUT2D eigenvalue weighted by atomic mass is 10.2. The van der Waals surface area contributed by atoms with E-state index in [0.29, 0.717) is 0 Å². The quantitative estimate of drug-likeness (QED) is 0.631. The van der Waals surface area contributed by atoms with Crippen LogP contribution in [-0.2, 0) is 23.1 Å². The fourth-order valence-corrected chi connectivity index (χ4v) is 4.13. The Kier molecular flexibility index (Phi) is 5.69. The third-order valence-corrected chi connectivity index (χ3v) is 5.94. The van der Waals surface area contributed by atoms with E-state index in [4.69, 9.17) is 0 Å². The highest BCUT2D eigenvalue weighted by Gasteiger charge is 2.25. The molecule has 0 saturated carbocycles. The molecule has 0 heterocycles. The van der Waals surface area contributed by atoms with Crippen LogP contribution in [0.15, 0.2) is 89.8 Å². The number of carbonyl (C=O) groups is 1. The van der Waals surface area contributed by atoms with E-state index in [-0.39, 0.29) is 23.5 Å². The van der Waals surface area contributed by atoms with E-state index in [2.05, 4.69) is 0 Å². The maximum Gasteiger partial charge on any atom is 0.243 e. The standard InChI is InChI=1S/C21H19NO4S/c23-21(24)19-11-13-20(14-12-19)27(25,26)22(15-17-7-3-1-4-8-17)16-18-9-5-2-6-10-18/h1-14H,15-16H2,(H,23,24)/p-1. The van der Waals surface area contributed by atoms with Crippen molar-refractivity contribution in [3.8, 4) is 0 Å². The number of carboxylic acids is 1. The van der Waals surface area contributed by atoms with Gasteiger partial charge in [0.25, 0.3) is 0 Å². The third kappa shape index (κ3) is 4.61. The lowest BCUT2D eigenvalue weighted by Crippen LogP contribution is -2.30. The van der Waals surface area contributed by atoms with Gasteiger partial charge in [0.2, 0.25) is 10.0 Å². The molecule has 0 aliphatic heterocycles. The molecule has 0 aromatic heterocycles. The van der Waals surface area contributed by atoms with Crippen LogP contribution in [0.25, 0.3) is 0 Å². The molecule has 3 aromatic rings. The minimum absolute atomic E-state index is 0.0411. The normalized spacial score (nSPS) is 11.4. The number of sulfonamides is 1. The number of nitrogens with zero attached hydrogens (tertiary/aromatic N) is 1. The Bertz CT molecular complexity index is 960. The molecule has 0 amide bonds. The van der Waals surface area contributed by atoms with Crippen LogP contribution in [0.4, 0.5) is 0 Å². The van der Waals surface area contributed by atoms with Gasteiger partial charge in [0.05, 0.1) is 10.9 Å². The summed E-state index contributed by atoms with van der Waals surface area (Å²) in [5.41, 5.74) is 1.67. The van der Waals surface area contributed by atoms with Crippen molar-refractivity contribution in [2.75, 3.05) is 0 Å². The maximum absolute atomic E-state index is 13.2. The third-order valence-electron chi connectivity index (χ3n) is 4.13. The van der Waals surface area contributed by atoms with Gasteiger partial charge in [-0.1, -0.05) is 72.8 Å². The number of benzene rings is 3.